The van der Waals surface area contributed by atoms with Gasteiger partial charge in [-0.3, -0.25) is 9.71 Å². The van der Waals surface area contributed by atoms with Gasteiger partial charge in [-0.1, -0.05) is 29.8 Å². The van der Waals surface area contributed by atoms with Gasteiger partial charge in [0, 0.05) is 17.8 Å². The van der Waals surface area contributed by atoms with E-state index in [2.05, 4.69) is 14.7 Å². The van der Waals surface area contributed by atoms with Gasteiger partial charge in [0.25, 0.3) is 10.0 Å². The second-order valence-corrected chi connectivity index (χ2v) is 6.28. The Hall–Kier alpha value is -2.18. The first kappa shape index (κ1) is 13.8. The van der Waals surface area contributed by atoms with Gasteiger partial charge in [-0.25, -0.2) is 4.98 Å². The van der Waals surface area contributed by atoms with Crippen LogP contribution in [0.25, 0.3) is 10.9 Å². The number of benzene rings is 1. The molecule has 3 aromatic rings. The predicted molar refractivity (Wildman–Crippen MR) is 81.8 cm³/mol. The number of hydrogen-bond donors (Lipinski definition) is 1. The van der Waals surface area contributed by atoms with Crippen molar-refractivity contribution in [1.82, 2.24) is 9.97 Å². The molecule has 2 heterocycles. The van der Waals surface area contributed by atoms with Crippen LogP contribution < -0.4 is 4.72 Å². The van der Waals surface area contributed by atoms with Gasteiger partial charge in [-0.2, -0.15) is 8.42 Å². The van der Waals surface area contributed by atoms with E-state index < -0.39 is 10.0 Å². The van der Waals surface area contributed by atoms with Crippen LogP contribution in [0.1, 0.15) is 0 Å². The smallest absolute Gasteiger partial charge is 0.276 e. The van der Waals surface area contributed by atoms with E-state index in [1.807, 2.05) is 12.1 Å². The number of nitrogens with zero attached hydrogens (tertiary/aromatic N) is 2. The summed E-state index contributed by atoms with van der Waals surface area (Å²) in [6.45, 7) is 0. The van der Waals surface area contributed by atoms with Gasteiger partial charge in [0.2, 0.25) is 0 Å². The number of pyridine rings is 2. The maximum Gasteiger partial charge on any atom is 0.280 e. The zero-order valence-corrected chi connectivity index (χ0v) is 12.3. The summed E-state index contributed by atoms with van der Waals surface area (Å²) >= 11 is 5.90. The summed E-state index contributed by atoms with van der Waals surface area (Å²) in [4.78, 5) is 8.02. The van der Waals surface area contributed by atoms with E-state index in [0.717, 1.165) is 5.39 Å². The summed E-state index contributed by atoms with van der Waals surface area (Å²) in [6.07, 6.45) is 2.98. The highest BCUT2D eigenvalue weighted by molar-refractivity contribution is 7.92. The summed E-state index contributed by atoms with van der Waals surface area (Å²) < 4.78 is 27.2. The van der Waals surface area contributed by atoms with Crippen molar-refractivity contribution in [3.05, 3.63) is 59.9 Å². The van der Waals surface area contributed by atoms with Crippen molar-refractivity contribution < 1.29 is 8.42 Å². The Labute approximate surface area is 126 Å². The lowest BCUT2D eigenvalue weighted by atomic mass is 10.2. The van der Waals surface area contributed by atoms with E-state index in [4.69, 9.17) is 11.6 Å². The molecule has 0 saturated heterocycles. The first-order chi connectivity index (χ1) is 10.1. The Morgan fingerprint density at radius 1 is 0.952 bits per heavy atom. The zero-order valence-electron chi connectivity index (χ0n) is 10.7. The minimum Gasteiger partial charge on any atom is -0.276 e. The molecule has 0 aliphatic heterocycles. The van der Waals surface area contributed by atoms with Crippen molar-refractivity contribution in [2.45, 2.75) is 5.03 Å². The van der Waals surface area contributed by atoms with Crippen molar-refractivity contribution >= 4 is 38.2 Å². The van der Waals surface area contributed by atoms with Crippen LogP contribution in [-0.2, 0) is 10.0 Å². The average molecular weight is 320 g/mol. The van der Waals surface area contributed by atoms with Crippen molar-refractivity contribution in [2.75, 3.05) is 4.72 Å². The van der Waals surface area contributed by atoms with E-state index in [1.165, 1.54) is 12.3 Å². The molecule has 21 heavy (non-hydrogen) atoms. The van der Waals surface area contributed by atoms with Crippen molar-refractivity contribution in [3.8, 4) is 0 Å². The van der Waals surface area contributed by atoms with Crippen LogP contribution >= 0.6 is 11.6 Å². The minimum atomic E-state index is -3.87. The van der Waals surface area contributed by atoms with Gasteiger partial charge in [-0.05, 0) is 24.3 Å². The number of halogens is 1. The Morgan fingerprint density at radius 2 is 1.67 bits per heavy atom. The lowest BCUT2D eigenvalue weighted by Crippen LogP contribution is -2.15. The van der Waals surface area contributed by atoms with Crippen LogP contribution in [0, 0.1) is 0 Å². The number of nitrogens with one attached hydrogen (secondary N) is 1. The third kappa shape index (κ3) is 2.68. The highest BCUT2D eigenvalue weighted by atomic mass is 35.5. The molecule has 0 aliphatic carbocycles. The molecule has 0 saturated carbocycles. The van der Waals surface area contributed by atoms with Crippen LogP contribution in [0.4, 0.5) is 5.69 Å². The third-order valence-corrected chi connectivity index (χ3v) is 4.60. The molecule has 0 amide bonds. The van der Waals surface area contributed by atoms with Crippen molar-refractivity contribution in [1.29, 1.82) is 0 Å². The molecular formula is C14H10ClN3O2S. The topological polar surface area (TPSA) is 72.0 Å². The van der Waals surface area contributed by atoms with Gasteiger partial charge in [0.15, 0.2) is 5.03 Å². The fourth-order valence-corrected chi connectivity index (χ4v) is 3.45. The first-order valence-electron chi connectivity index (χ1n) is 6.05. The Kier molecular flexibility index (Phi) is 3.48. The Morgan fingerprint density at radius 3 is 2.48 bits per heavy atom. The monoisotopic (exact) mass is 319 g/mol. The van der Waals surface area contributed by atoms with Gasteiger partial charge in [0.1, 0.15) is 0 Å². The fraction of sp³-hybridized carbons (Fsp3) is 0. The number of rotatable bonds is 3. The van der Waals surface area contributed by atoms with Crippen LogP contribution in [-0.4, -0.2) is 18.4 Å². The van der Waals surface area contributed by atoms with Gasteiger partial charge < -0.3 is 0 Å². The van der Waals surface area contributed by atoms with Crippen LogP contribution in [0.3, 0.4) is 0 Å². The maximum atomic E-state index is 12.4. The van der Waals surface area contributed by atoms with E-state index >= 15 is 0 Å². The molecule has 106 valence electrons. The Bertz CT molecular complexity index is 907. The number of sulfonamides is 1. The predicted octanol–water partition coefficient (Wildman–Crippen LogP) is 3.08. The van der Waals surface area contributed by atoms with E-state index in [-0.39, 0.29) is 10.0 Å². The highest BCUT2D eigenvalue weighted by Gasteiger charge is 2.20. The summed E-state index contributed by atoms with van der Waals surface area (Å²) in [7, 11) is -3.87. The third-order valence-electron chi connectivity index (χ3n) is 2.86. The molecule has 1 N–H and O–H groups in total. The molecule has 1 aromatic carbocycles. The van der Waals surface area contributed by atoms with E-state index in [9.17, 15) is 8.42 Å². The van der Waals surface area contributed by atoms with Gasteiger partial charge in [0.05, 0.1) is 16.2 Å². The second-order valence-electron chi connectivity index (χ2n) is 4.28. The maximum absolute atomic E-state index is 12.4. The summed E-state index contributed by atoms with van der Waals surface area (Å²) in [5, 5.41) is 0.697. The average Bonchev–Trinajstić information content (AvgIpc) is 2.47. The second kappa shape index (κ2) is 5.31. The van der Waals surface area contributed by atoms with Crippen LogP contribution in [0.5, 0.6) is 0 Å². The molecule has 2 aromatic heterocycles. The molecule has 0 unspecified atom stereocenters. The summed E-state index contributed by atoms with van der Waals surface area (Å²) in [5.74, 6) is 0. The molecule has 0 bridgehead atoms. The van der Waals surface area contributed by atoms with E-state index in [0.29, 0.717) is 11.2 Å². The number of para-hydroxylation sites is 1. The summed E-state index contributed by atoms with van der Waals surface area (Å²) in [5.41, 5.74) is 0.949. The molecule has 7 heteroatoms. The molecule has 0 fully saturated rings. The lowest BCUT2D eigenvalue weighted by Gasteiger charge is -2.10. The largest absolute Gasteiger partial charge is 0.280 e. The van der Waals surface area contributed by atoms with Crippen molar-refractivity contribution in [2.24, 2.45) is 0 Å². The standard InChI is InChI=1S/C14H10ClN3O2S/c15-11-6-3-9-17-14(11)21(19,20)18-12-7-1-4-10-5-2-8-16-13(10)12/h1-9,18H. The quantitative estimate of drug-likeness (QED) is 0.805. The SMILES string of the molecule is O=S(=O)(Nc1cccc2cccnc12)c1ncccc1Cl. The normalized spacial score (nSPS) is 11.5. The molecule has 3 rings (SSSR count). The lowest BCUT2D eigenvalue weighted by molar-refractivity contribution is 0.597. The van der Waals surface area contributed by atoms with Gasteiger partial charge >= 0.3 is 0 Å². The van der Waals surface area contributed by atoms with Crippen molar-refractivity contribution in [3.63, 3.8) is 0 Å². The number of fused-ring (bicyclic) bond motifs is 1. The molecule has 5 nitrogen and oxygen atoms in total. The van der Waals surface area contributed by atoms with Crippen LogP contribution in [0.2, 0.25) is 5.02 Å². The first-order valence-corrected chi connectivity index (χ1v) is 7.91. The number of anilines is 1. The molecule has 0 atom stereocenters. The number of hydrogen-bond acceptors (Lipinski definition) is 4. The fourth-order valence-electron chi connectivity index (χ4n) is 1.95. The Balaban J connectivity index is 2.08. The molecule has 0 spiro atoms. The molecular weight excluding hydrogens is 310 g/mol. The van der Waals surface area contributed by atoms with Crippen LogP contribution in [0.15, 0.2) is 59.9 Å². The molecule has 0 radical (unpaired) electrons. The van der Waals surface area contributed by atoms with Gasteiger partial charge in [-0.15, -0.1) is 0 Å². The summed E-state index contributed by atoms with van der Waals surface area (Å²) in [6, 6.07) is 11.9. The number of aromatic nitrogens is 2. The zero-order chi connectivity index (χ0) is 14.9. The highest BCUT2D eigenvalue weighted by Crippen LogP contribution is 2.25. The molecule has 0 aliphatic rings. The minimum absolute atomic E-state index is 0.0678. The van der Waals surface area contributed by atoms with E-state index in [1.54, 1.807) is 30.5 Å².